The van der Waals surface area contributed by atoms with Crippen LogP contribution in [-0.2, 0) is 14.8 Å². The van der Waals surface area contributed by atoms with Crippen LogP contribution in [0.4, 0.5) is 5.69 Å². The number of anilines is 1. The van der Waals surface area contributed by atoms with Crippen LogP contribution < -0.4 is 5.32 Å². The maximum absolute atomic E-state index is 12.3. The van der Waals surface area contributed by atoms with E-state index in [1.165, 1.54) is 44.3 Å². The second-order valence-electron chi connectivity index (χ2n) is 5.56. The van der Waals surface area contributed by atoms with Crippen LogP contribution in [0.1, 0.15) is 12.6 Å². The van der Waals surface area contributed by atoms with Crippen LogP contribution in [0.3, 0.4) is 0 Å². The van der Waals surface area contributed by atoms with Crippen LogP contribution in [0.2, 0.25) is 0 Å². The number of hydrogen-bond acceptors (Lipinski definition) is 6. The number of benzene rings is 1. The van der Waals surface area contributed by atoms with E-state index in [0.29, 0.717) is 5.69 Å². The Kier molecular flexibility index (Phi) is 6.15. The molecule has 0 bridgehead atoms. The molecule has 1 N–H and O–H groups in total. The van der Waals surface area contributed by atoms with Crippen molar-refractivity contribution in [3.63, 3.8) is 0 Å². The van der Waals surface area contributed by atoms with Crippen LogP contribution in [0, 0.1) is 6.92 Å². The lowest BCUT2D eigenvalue weighted by atomic mass is 10.3. The summed E-state index contributed by atoms with van der Waals surface area (Å²) in [5.41, 5.74) is 1.37. The zero-order chi connectivity index (χ0) is 18.6. The Balaban J connectivity index is 2.03. The summed E-state index contributed by atoms with van der Waals surface area (Å²) < 4.78 is 25.2. The third kappa shape index (κ3) is 5.00. The van der Waals surface area contributed by atoms with E-state index in [4.69, 9.17) is 0 Å². The highest BCUT2D eigenvalue weighted by molar-refractivity contribution is 8.00. The fourth-order valence-electron chi connectivity index (χ4n) is 1.89. The predicted molar refractivity (Wildman–Crippen MR) is 98.0 cm³/mol. The summed E-state index contributed by atoms with van der Waals surface area (Å²) in [6.07, 6.45) is 1.46. The molecule has 1 heterocycles. The molecular weight excluding hydrogens is 360 g/mol. The quantitative estimate of drug-likeness (QED) is 0.610. The zero-order valence-electron chi connectivity index (χ0n) is 14.4. The highest BCUT2D eigenvalue weighted by Crippen LogP contribution is 2.23. The minimum atomic E-state index is -3.48. The van der Waals surface area contributed by atoms with Gasteiger partial charge >= 0.3 is 0 Å². The second kappa shape index (κ2) is 7.94. The number of nitrogens with one attached hydrogen (secondary N) is 1. The molecule has 1 amide bonds. The zero-order valence-corrected chi connectivity index (χ0v) is 16.1. The molecule has 2 aromatic rings. The maximum Gasteiger partial charge on any atom is 0.242 e. The van der Waals surface area contributed by atoms with Gasteiger partial charge in [-0.3, -0.25) is 4.79 Å². The number of aromatic nitrogens is 2. The number of hydrogen-bond donors (Lipinski definition) is 1. The van der Waals surface area contributed by atoms with Gasteiger partial charge in [0.25, 0.3) is 0 Å². The molecule has 25 heavy (non-hydrogen) atoms. The van der Waals surface area contributed by atoms with Crippen molar-refractivity contribution < 1.29 is 13.2 Å². The van der Waals surface area contributed by atoms with Gasteiger partial charge in [-0.2, -0.15) is 0 Å². The summed E-state index contributed by atoms with van der Waals surface area (Å²) in [5.74, 6) is -0.190. The van der Waals surface area contributed by atoms with E-state index in [1.807, 2.05) is 13.0 Å². The summed E-state index contributed by atoms with van der Waals surface area (Å²) in [7, 11) is -0.539. The van der Waals surface area contributed by atoms with Crippen molar-refractivity contribution in [2.75, 3.05) is 19.4 Å². The third-order valence-corrected chi connectivity index (χ3v) is 6.21. The van der Waals surface area contributed by atoms with Crippen molar-refractivity contribution >= 4 is 33.4 Å². The Morgan fingerprint density at radius 1 is 1.20 bits per heavy atom. The first-order valence-corrected chi connectivity index (χ1v) is 9.81. The lowest BCUT2D eigenvalue weighted by molar-refractivity contribution is -0.115. The molecule has 0 saturated heterocycles. The third-order valence-electron chi connectivity index (χ3n) is 3.35. The predicted octanol–water partition coefficient (Wildman–Crippen LogP) is 2.15. The molecule has 0 aliphatic heterocycles. The fourth-order valence-corrected chi connectivity index (χ4v) is 3.67. The molecule has 0 aliphatic rings. The molecule has 0 radical (unpaired) electrons. The van der Waals surface area contributed by atoms with E-state index < -0.39 is 10.0 Å². The van der Waals surface area contributed by atoms with Crippen molar-refractivity contribution in [2.24, 2.45) is 0 Å². The molecule has 134 valence electrons. The molecule has 1 aromatic carbocycles. The van der Waals surface area contributed by atoms with E-state index in [-0.39, 0.29) is 16.1 Å². The van der Waals surface area contributed by atoms with Crippen molar-refractivity contribution in [3.05, 3.63) is 42.4 Å². The normalized spacial score (nSPS) is 12.8. The first-order valence-electron chi connectivity index (χ1n) is 7.49. The van der Waals surface area contributed by atoms with E-state index >= 15 is 0 Å². The average molecular weight is 380 g/mol. The Morgan fingerprint density at radius 2 is 1.84 bits per heavy atom. The largest absolute Gasteiger partial charge is 0.325 e. The Morgan fingerprint density at radius 3 is 2.40 bits per heavy atom. The Bertz CT molecular complexity index is 852. The van der Waals surface area contributed by atoms with E-state index in [1.54, 1.807) is 19.1 Å². The lowest BCUT2D eigenvalue weighted by Gasteiger charge is -2.13. The molecule has 0 fully saturated rings. The van der Waals surface area contributed by atoms with Crippen LogP contribution in [0.15, 0.2) is 46.6 Å². The van der Waals surface area contributed by atoms with E-state index in [0.717, 1.165) is 15.0 Å². The summed E-state index contributed by atoms with van der Waals surface area (Å²) in [6, 6.07) is 7.89. The summed E-state index contributed by atoms with van der Waals surface area (Å²) in [5, 5.41) is 3.14. The minimum Gasteiger partial charge on any atom is -0.325 e. The molecule has 1 aromatic heterocycles. The van der Waals surface area contributed by atoms with Crippen LogP contribution in [0.25, 0.3) is 0 Å². The highest BCUT2D eigenvalue weighted by Gasteiger charge is 2.18. The Hall–Kier alpha value is -1.97. The van der Waals surface area contributed by atoms with Gasteiger partial charge in [0.1, 0.15) is 11.4 Å². The van der Waals surface area contributed by atoms with Crippen molar-refractivity contribution in [1.82, 2.24) is 14.3 Å². The molecule has 0 aliphatic carbocycles. The van der Waals surface area contributed by atoms with Gasteiger partial charge < -0.3 is 5.32 Å². The lowest BCUT2D eigenvalue weighted by Crippen LogP contribution is -2.23. The summed E-state index contributed by atoms with van der Waals surface area (Å²) in [6.45, 7) is 3.64. The molecule has 0 unspecified atom stereocenters. The molecule has 0 saturated carbocycles. The summed E-state index contributed by atoms with van der Waals surface area (Å²) in [4.78, 5) is 20.6. The van der Waals surface area contributed by atoms with E-state index in [9.17, 15) is 13.2 Å². The van der Waals surface area contributed by atoms with Gasteiger partial charge in [-0.25, -0.2) is 22.7 Å². The molecule has 7 nitrogen and oxygen atoms in total. The number of thioether (sulfide) groups is 1. The standard InChI is InChI=1S/C16H20N4O3S2/c1-11-9-15(18-10-17-11)24-12(2)16(21)19-13-5-7-14(8-6-13)25(22,23)20(3)4/h5-10,12H,1-4H3,(H,19,21)/t12-/m1/s1. The number of carbonyl (C=O) groups excluding carboxylic acids is 1. The molecular formula is C16H20N4O3S2. The van der Waals surface area contributed by atoms with Crippen LogP contribution in [0.5, 0.6) is 0 Å². The van der Waals surface area contributed by atoms with Crippen LogP contribution in [-0.4, -0.2) is 47.9 Å². The van der Waals surface area contributed by atoms with Gasteiger partial charge in [0.05, 0.1) is 10.1 Å². The van der Waals surface area contributed by atoms with Gasteiger partial charge in [0.15, 0.2) is 0 Å². The maximum atomic E-state index is 12.3. The number of aryl methyl sites for hydroxylation is 1. The molecule has 9 heteroatoms. The summed E-state index contributed by atoms with van der Waals surface area (Å²) >= 11 is 1.33. The SMILES string of the molecule is Cc1cc(S[C@H](C)C(=O)Nc2ccc(S(=O)(=O)N(C)C)cc2)ncn1. The molecule has 0 spiro atoms. The monoisotopic (exact) mass is 380 g/mol. The van der Waals surface area contributed by atoms with Crippen molar-refractivity contribution in [2.45, 2.75) is 29.0 Å². The number of nitrogens with zero attached hydrogens (tertiary/aromatic N) is 3. The number of sulfonamides is 1. The second-order valence-corrected chi connectivity index (χ2v) is 9.07. The van der Waals surface area contributed by atoms with E-state index in [2.05, 4.69) is 15.3 Å². The molecule has 1 atom stereocenters. The fraction of sp³-hybridized carbons (Fsp3) is 0.312. The average Bonchev–Trinajstić information content (AvgIpc) is 2.55. The number of carbonyl (C=O) groups is 1. The number of amides is 1. The van der Waals surface area contributed by atoms with Gasteiger partial charge in [0, 0.05) is 25.5 Å². The van der Waals surface area contributed by atoms with Gasteiger partial charge in [-0.1, -0.05) is 11.8 Å². The smallest absolute Gasteiger partial charge is 0.242 e. The minimum absolute atomic E-state index is 0.175. The highest BCUT2D eigenvalue weighted by atomic mass is 32.2. The molecule has 2 rings (SSSR count). The number of rotatable bonds is 6. The van der Waals surface area contributed by atoms with Crippen LogP contribution >= 0.6 is 11.8 Å². The van der Waals surface area contributed by atoms with Crippen molar-refractivity contribution in [3.8, 4) is 0 Å². The topological polar surface area (TPSA) is 92.3 Å². The first-order chi connectivity index (χ1) is 11.7. The Labute approximate surface area is 151 Å². The van der Waals surface area contributed by atoms with Gasteiger partial charge in [-0.15, -0.1) is 0 Å². The van der Waals surface area contributed by atoms with Gasteiger partial charge in [-0.05, 0) is 44.2 Å². The first kappa shape index (κ1) is 19.4. The van der Waals surface area contributed by atoms with Gasteiger partial charge in [0.2, 0.25) is 15.9 Å². The van der Waals surface area contributed by atoms with Crippen molar-refractivity contribution in [1.29, 1.82) is 0 Å².